The third-order valence-electron chi connectivity index (χ3n) is 3.10. The van der Waals surface area contributed by atoms with Gasteiger partial charge >= 0.3 is 0 Å². The average Bonchev–Trinajstić information content (AvgIpc) is 2.20. The molecule has 14 heavy (non-hydrogen) atoms. The van der Waals surface area contributed by atoms with Crippen LogP contribution < -0.4 is 11.1 Å². The van der Waals surface area contributed by atoms with E-state index in [1.165, 1.54) is 25.7 Å². The Morgan fingerprint density at radius 1 is 1.36 bits per heavy atom. The van der Waals surface area contributed by atoms with Crippen molar-refractivity contribution in [3.05, 3.63) is 0 Å². The van der Waals surface area contributed by atoms with Crippen molar-refractivity contribution in [2.24, 2.45) is 5.73 Å². The fourth-order valence-electron chi connectivity index (χ4n) is 2.10. The zero-order valence-electron chi connectivity index (χ0n) is 9.46. The van der Waals surface area contributed by atoms with Gasteiger partial charge in [0.05, 0.1) is 6.61 Å². The zero-order valence-corrected chi connectivity index (χ0v) is 9.46. The summed E-state index contributed by atoms with van der Waals surface area (Å²) in [5.41, 5.74) is 5.87. The van der Waals surface area contributed by atoms with E-state index in [-0.39, 0.29) is 0 Å². The summed E-state index contributed by atoms with van der Waals surface area (Å²) in [4.78, 5) is 0. The average molecular weight is 200 g/mol. The fourth-order valence-corrected chi connectivity index (χ4v) is 2.10. The topological polar surface area (TPSA) is 47.3 Å². The van der Waals surface area contributed by atoms with E-state index in [0.29, 0.717) is 18.1 Å². The first-order chi connectivity index (χ1) is 6.76. The van der Waals surface area contributed by atoms with Crippen molar-refractivity contribution in [3.8, 4) is 0 Å². The van der Waals surface area contributed by atoms with Gasteiger partial charge in [0.1, 0.15) is 0 Å². The van der Waals surface area contributed by atoms with Crippen LogP contribution in [0, 0.1) is 0 Å². The van der Waals surface area contributed by atoms with Crippen LogP contribution in [0.5, 0.6) is 0 Å². The lowest BCUT2D eigenvalue weighted by atomic mass is 9.91. The second kappa shape index (κ2) is 6.38. The highest BCUT2D eigenvalue weighted by molar-refractivity contribution is 4.81. The van der Waals surface area contributed by atoms with Crippen LogP contribution in [0.1, 0.15) is 39.0 Å². The number of hydrogen-bond donors (Lipinski definition) is 2. The molecule has 3 N–H and O–H groups in total. The molecule has 3 nitrogen and oxygen atoms in total. The molecule has 0 heterocycles. The summed E-state index contributed by atoms with van der Waals surface area (Å²) < 4.78 is 5.17. The molecule has 1 aliphatic carbocycles. The lowest BCUT2D eigenvalue weighted by Crippen LogP contribution is -2.44. The highest BCUT2D eigenvalue weighted by atomic mass is 16.5. The van der Waals surface area contributed by atoms with E-state index in [1.54, 1.807) is 7.11 Å². The van der Waals surface area contributed by atoms with E-state index in [2.05, 4.69) is 12.2 Å². The molecular formula is C11H24N2O. The molecule has 3 heteroatoms. The predicted octanol–water partition coefficient (Wildman–Crippen LogP) is 1.27. The van der Waals surface area contributed by atoms with E-state index in [1.807, 2.05) is 0 Å². The minimum Gasteiger partial charge on any atom is -0.383 e. The first kappa shape index (κ1) is 12.0. The van der Waals surface area contributed by atoms with Crippen molar-refractivity contribution in [1.29, 1.82) is 0 Å². The number of ether oxygens (including phenoxy) is 1. The molecule has 1 atom stereocenters. The number of methoxy groups -OCH3 is 1. The molecule has 1 aliphatic rings. The van der Waals surface area contributed by atoms with Gasteiger partial charge in [-0.25, -0.2) is 0 Å². The Morgan fingerprint density at radius 2 is 2.00 bits per heavy atom. The van der Waals surface area contributed by atoms with Gasteiger partial charge in [0.2, 0.25) is 0 Å². The minimum absolute atomic E-state index is 0.440. The van der Waals surface area contributed by atoms with Crippen molar-refractivity contribution in [1.82, 2.24) is 5.32 Å². The maximum absolute atomic E-state index is 5.87. The molecule has 1 unspecified atom stereocenters. The summed E-state index contributed by atoms with van der Waals surface area (Å²) in [6, 6.07) is 1.62. The Balaban J connectivity index is 2.21. The van der Waals surface area contributed by atoms with Gasteiger partial charge in [-0.3, -0.25) is 0 Å². The Hall–Kier alpha value is -0.120. The molecule has 0 aromatic carbocycles. The summed E-state index contributed by atoms with van der Waals surface area (Å²) in [5, 5.41) is 3.65. The first-order valence-electron chi connectivity index (χ1n) is 5.76. The second-order valence-electron chi connectivity index (χ2n) is 4.34. The first-order valence-corrected chi connectivity index (χ1v) is 5.76. The highest BCUT2D eigenvalue weighted by Crippen LogP contribution is 2.17. The lowest BCUT2D eigenvalue weighted by molar-refractivity contribution is 0.152. The van der Waals surface area contributed by atoms with Gasteiger partial charge < -0.3 is 15.8 Å². The third kappa shape index (κ3) is 3.95. The molecule has 0 amide bonds. The van der Waals surface area contributed by atoms with Crippen LogP contribution in [0.25, 0.3) is 0 Å². The van der Waals surface area contributed by atoms with Crippen LogP contribution in [-0.4, -0.2) is 31.8 Å². The SMILES string of the molecule is CCC(COC)NC1CCC(N)CC1. The molecule has 0 saturated heterocycles. The maximum atomic E-state index is 5.87. The number of rotatable bonds is 5. The van der Waals surface area contributed by atoms with Crippen molar-refractivity contribution in [2.75, 3.05) is 13.7 Å². The van der Waals surface area contributed by atoms with Crippen LogP contribution in [-0.2, 0) is 4.74 Å². The monoisotopic (exact) mass is 200 g/mol. The van der Waals surface area contributed by atoms with Crippen molar-refractivity contribution >= 4 is 0 Å². The quantitative estimate of drug-likeness (QED) is 0.702. The largest absolute Gasteiger partial charge is 0.383 e. The van der Waals surface area contributed by atoms with Gasteiger partial charge in [-0.05, 0) is 32.1 Å². The standard InChI is InChI=1S/C11H24N2O/c1-3-10(8-14-2)13-11-6-4-9(12)5-7-11/h9-11,13H,3-8,12H2,1-2H3. The van der Waals surface area contributed by atoms with E-state index < -0.39 is 0 Å². The summed E-state index contributed by atoms with van der Waals surface area (Å²) in [6.07, 6.45) is 5.92. The van der Waals surface area contributed by atoms with Gasteiger partial charge in [-0.1, -0.05) is 6.92 Å². The molecule has 1 saturated carbocycles. The Labute approximate surface area is 87.4 Å². The van der Waals surface area contributed by atoms with E-state index in [9.17, 15) is 0 Å². The van der Waals surface area contributed by atoms with E-state index in [0.717, 1.165) is 13.0 Å². The van der Waals surface area contributed by atoms with Crippen LogP contribution in [0.3, 0.4) is 0 Å². The molecule has 0 bridgehead atoms. The summed E-state index contributed by atoms with van der Waals surface area (Å²) in [6.45, 7) is 3.02. The van der Waals surface area contributed by atoms with Crippen molar-refractivity contribution in [3.63, 3.8) is 0 Å². The second-order valence-corrected chi connectivity index (χ2v) is 4.34. The summed E-state index contributed by atoms with van der Waals surface area (Å²) in [7, 11) is 1.77. The lowest BCUT2D eigenvalue weighted by Gasteiger charge is -2.30. The molecule has 0 radical (unpaired) electrons. The van der Waals surface area contributed by atoms with Crippen LogP contribution in [0.4, 0.5) is 0 Å². The molecule has 0 aromatic rings. The summed E-state index contributed by atoms with van der Waals surface area (Å²) in [5.74, 6) is 0. The van der Waals surface area contributed by atoms with Gasteiger partial charge in [0, 0.05) is 25.2 Å². The normalized spacial score (nSPS) is 30.2. The van der Waals surface area contributed by atoms with Gasteiger partial charge in [-0.15, -0.1) is 0 Å². The number of nitrogens with one attached hydrogen (secondary N) is 1. The van der Waals surface area contributed by atoms with Gasteiger partial charge in [0.25, 0.3) is 0 Å². The predicted molar refractivity (Wildman–Crippen MR) is 59.3 cm³/mol. The third-order valence-corrected chi connectivity index (χ3v) is 3.10. The van der Waals surface area contributed by atoms with E-state index in [4.69, 9.17) is 10.5 Å². The van der Waals surface area contributed by atoms with E-state index >= 15 is 0 Å². The Bertz CT molecular complexity index is 144. The van der Waals surface area contributed by atoms with Gasteiger partial charge in [-0.2, -0.15) is 0 Å². The smallest absolute Gasteiger partial charge is 0.0615 e. The molecule has 0 spiro atoms. The summed E-state index contributed by atoms with van der Waals surface area (Å²) >= 11 is 0. The molecule has 0 aliphatic heterocycles. The minimum atomic E-state index is 0.440. The molecule has 0 aromatic heterocycles. The number of hydrogen-bond acceptors (Lipinski definition) is 3. The van der Waals surface area contributed by atoms with Crippen LogP contribution in [0.2, 0.25) is 0 Å². The highest BCUT2D eigenvalue weighted by Gasteiger charge is 2.20. The van der Waals surface area contributed by atoms with Crippen LogP contribution >= 0.6 is 0 Å². The fraction of sp³-hybridized carbons (Fsp3) is 1.00. The van der Waals surface area contributed by atoms with Crippen molar-refractivity contribution < 1.29 is 4.74 Å². The molecule has 84 valence electrons. The maximum Gasteiger partial charge on any atom is 0.0615 e. The van der Waals surface area contributed by atoms with Gasteiger partial charge in [0.15, 0.2) is 0 Å². The Morgan fingerprint density at radius 3 is 2.50 bits per heavy atom. The molecule has 1 rings (SSSR count). The zero-order chi connectivity index (χ0) is 10.4. The van der Waals surface area contributed by atoms with Crippen molar-refractivity contribution in [2.45, 2.75) is 57.2 Å². The molecule has 1 fully saturated rings. The number of nitrogens with two attached hydrogens (primary N) is 1. The van der Waals surface area contributed by atoms with Crippen LogP contribution in [0.15, 0.2) is 0 Å². The Kier molecular flexibility index (Phi) is 5.45. The molecular weight excluding hydrogens is 176 g/mol.